The highest BCUT2D eigenvalue weighted by molar-refractivity contribution is 7.88. The van der Waals surface area contributed by atoms with Gasteiger partial charge in [-0.05, 0) is 6.07 Å². The number of ether oxygens (including phenoxy) is 1. The third-order valence-corrected chi connectivity index (χ3v) is 2.89. The summed E-state index contributed by atoms with van der Waals surface area (Å²) in [5.41, 5.74) is -0.151. The summed E-state index contributed by atoms with van der Waals surface area (Å²) < 4.78 is 16.0. The normalized spacial score (nSPS) is 12.3. The first-order chi connectivity index (χ1) is 8.04. The number of carbonyl (C=O) groups is 1. The molecule has 1 unspecified atom stereocenters. The zero-order valence-corrected chi connectivity index (χ0v) is 9.68. The highest BCUT2D eigenvalue weighted by Gasteiger charge is 2.08. The van der Waals surface area contributed by atoms with E-state index in [2.05, 4.69) is 4.74 Å². The molecule has 0 aliphatic heterocycles. The Balaban J connectivity index is 2.90. The zero-order chi connectivity index (χ0) is 12.8. The number of rotatable bonds is 4. The van der Waals surface area contributed by atoms with Crippen LogP contribution in [0.15, 0.2) is 40.6 Å². The van der Waals surface area contributed by atoms with Crippen molar-refractivity contribution in [3.05, 3.63) is 45.9 Å². The fourth-order valence-electron chi connectivity index (χ4n) is 0.986. The number of carbonyl (C=O) groups excluding carboxylic acids is 1. The smallest absolute Gasteiger partial charge is 0.331 e. The molecule has 6 nitrogen and oxygen atoms in total. The van der Waals surface area contributed by atoms with Crippen molar-refractivity contribution >= 4 is 22.5 Å². The van der Waals surface area contributed by atoms with Gasteiger partial charge in [0.05, 0.1) is 22.8 Å². The summed E-state index contributed by atoms with van der Waals surface area (Å²) in [6, 6.07) is 5.39. The maximum atomic E-state index is 11.6. The first-order valence-electron chi connectivity index (χ1n) is 4.46. The number of hydrogen-bond donors (Lipinski definition) is 0. The van der Waals surface area contributed by atoms with Crippen LogP contribution in [-0.2, 0) is 20.3 Å². The Labute approximate surface area is 99.5 Å². The number of nitrogens with zero attached hydrogens (tertiary/aromatic N) is 1. The number of nitro groups is 1. The molecular weight excluding hydrogens is 246 g/mol. The van der Waals surface area contributed by atoms with Gasteiger partial charge in [-0.15, -0.1) is 0 Å². The van der Waals surface area contributed by atoms with Crippen LogP contribution >= 0.6 is 0 Å². The molecule has 0 fully saturated rings. The van der Waals surface area contributed by atoms with E-state index in [1.807, 2.05) is 0 Å². The second-order valence-corrected chi connectivity index (χ2v) is 4.22. The van der Waals surface area contributed by atoms with Gasteiger partial charge in [-0.3, -0.25) is 10.1 Å². The SMILES string of the molecule is COC(=O)/C=C/S(=O)c1cccc([N+](=O)[O-])c1. The zero-order valence-electron chi connectivity index (χ0n) is 8.86. The Morgan fingerprint density at radius 3 is 2.82 bits per heavy atom. The lowest BCUT2D eigenvalue weighted by Crippen LogP contribution is -1.96. The third-order valence-electron chi connectivity index (χ3n) is 1.79. The third kappa shape index (κ3) is 3.80. The van der Waals surface area contributed by atoms with Crippen molar-refractivity contribution in [3.63, 3.8) is 0 Å². The van der Waals surface area contributed by atoms with Crippen LogP contribution in [0, 0.1) is 10.1 Å². The van der Waals surface area contributed by atoms with E-state index in [0.717, 1.165) is 11.5 Å². The molecule has 0 aliphatic carbocycles. The second kappa shape index (κ2) is 5.90. The van der Waals surface area contributed by atoms with Crippen LogP contribution in [0.1, 0.15) is 0 Å². The Kier molecular flexibility index (Phi) is 4.53. The van der Waals surface area contributed by atoms with E-state index < -0.39 is 21.7 Å². The van der Waals surface area contributed by atoms with Gasteiger partial charge in [0.25, 0.3) is 5.69 Å². The van der Waals surface area contributed by atoms with E-state index in [1.54, 1.807) is 0 Å². The summed E-state index contributed by atoms with van der Waals surface area (Å²) >= 11 is 0. The summed E-state index contributed by atoms with van der Waals surface area (Å²) in [5, 5.41) is 11.6. The Morgan fingerprint density at radius 2 is 2.24 bits per heavy atom. The molecule has 0 bridgehead atoms. The van der Waals surface area contributed by atoms with Gasteiger partial charge in [-0.1, -0.05) is 6.07 Å². The van der Waals surface area contributed by atoms with E-state index in [-0.39, 0.29) is 10.6 Å². The van der Waals surface area contributed by atoms with E-state index in [4.69, 9.17) is 0 Å². The molecule has 1 rings (SSSR count). The van der Waals surface area contributed by atoms with E-state index >= 15 is 0 Å². The quantitative estimate of drug-likeness (QED) is 0.351. The first-order valence-corrected chi connectivity index (χ1v) is 5.67. The minimum atomic E-state index is -1.62. The van der Waals surface area contributed by atoms with Gasteiger partial charge < -0.3 is 4.74 Å². The number of esters is 1. The maximum absolute atomic E-state index is 11.6. The van der Waals surface area contributed by atoms with Crippen molar-refractivity contribution in [3.8, 4) is 0 Å². The molecule has 0 N–H and O–H groups in total. The van der Waals surface area contributed by atoms with Crippen LogP contribution in [0.4, 0.5) is 5.69 Å². The molecule has 0 radical (unpaired) electrons. The minimum absolute atomic E-state index is 0.151. The molecule has 0 saturated carbocycles. The van der Waals surface area contributed by atoms with Crippen LogP contribution < -0.4 is 0 Å². The molecule has 1 aromatic rings. The molecule has 90 valence electrons. The summed E-state index contributed by atoms with van der Waals surface area (Å²) in [5.74, 6) is -0.635. The lowest BCUT2D eigenvalue weighted by atomic mass is 10.3. The molecule has 0 aliphatic rings. The number of benzene rings is 1. The predicted octanol–water partition coefficient (Wildman–Crippen LogP) is 1.39. The van der Waals surface area contributed by atoms with Gasteiger partial charge in [0.1, 0.15) is 0 Å². The van der Waals surface area contributed by atoms with Crippen LogP contribution in [-0.4, -0.2) is 22.2 Å². The summed E-state index contributed by atoms with van der Waals surface area (Å²) in [6.07, 6.45) is 1.01. The number of non-ortho nitro benzene ring substituents is 1. The Hall–Kier alpha value is -2.02. The van der Waals surface area contributed by atoms with E-state index in [1.165, 1.54) is 31.4 Å². The second-order valence-electron chi connectivity index (χ2n) is 2.88. The highest BCUT2D eigenvalue weighted by atomic mass is 32.2. The largest absolute Gasteiger partial charge is 0.466 e. The molecule has 1 aromatic carbocycles. The maximum Gasteiger partial charge on any atom is 0.331 e. The average Bonchev–Trinajstić information content (AvgIpc) is 2.35. The monoisotopic (exact) mass is 255 g/mol. The van der Waals surface area contributed by atoms with Crippen molar-refractivity contribution in [1.29, 1.82) is 0 Å². The van der Waals surface area contributed by atoms with Gasteiger partial charge in [0.15, 0.2) is 0 Å². The fraction of sp³-hybridized carbons (Fsp3) is 0.100. The fourth-order valence-corrected chi connectivity index (χ4v) is 1.83. The van der Waals surface area contributed by atoms with Gasteiger partial charge >= 0.3 is 5.97 Å². The molecule has 0 amide bonds. The van der Waals surface area contributed by atoms with Crippen LogP contribution in [0.3, 0.4) is 0 Å². The molecule has 7 heteroatoms. The molecule has 0 heterocycles. The molecule has 1 atom stereocenters. The Bertz CT molecular complexity index is 497. The number of methoxy groups -OCH3 is 1. The van der Waals surface area contributed by atoms with Crippen LogP contribution in [0.5, 0.6) is 0 Å². The molecule has 0 spiro atoms. The highest BCUT2D eigenvalue weighted by Crippen LogP contribution is 2.16. The predicted molar refractivity (Wildman–Crippen MR) is 60.7 cm³/mol. The number of nitro benzene ring substituents is 1. The number of hydrogen-bond acceptors (Lipinski definition) is 5. The molecule has 0 aromatic heterocycles. The van der Waals surface area contributed by atoms with Crippen molar-refractivity contribution in [2.75, 3.05) is 7.11 Å². The van der Waals surface area contributed by atoms with Crippen molar-refractivity contribution < 1.29 is 18.7 Å². The molecule has 0 saturated heterocycles. The average molecular weight is 255 g/mol. The Morgan fingerprint density at radius 1 is 1.53 bits per heavy atom. The lowest BCUT2D eigenvalue weighted by molar-refractivity contribution is -0.385. The van der Waals surface area contributed by atoms with Crippen molar-refractivity contribution in [2.45, 2.75) is 4.90 Å². The lowest BCUT2D eigenvalue weighted by Gasteiger charge is -1.96. The van der Waals surface area contributed by atoms with Crippen LogP contribution in [0.25, 0.3) is 0 Å². The first kappa shape index (κ1) is 13.0. The van der Waals surface area contributed by atoms with Crippen molar-refractivity contribution in [2.24, 2.45) is 0 Å². The topological polar surface area (TPSA) is 86.5 Å². The van der Waals surface area contributed by atoms with E-state index in [9.17, 15) is 19.1 Å². The van der Waals surface area contributed by atoms with E-state index in [0.29, 0.717) is 0 Å². The summed E-state index contributed by atoms with van der Waals surface area (Å²) in [6.45, 7) is 0. The molecular formula is C10H9NO5S. The summed E-state index contributed by atoms with van der Waals surface area (Å²) in [7, 11) is -0.421. The van der Waals surface area contributed by atoms with Gasteiger partial charge in [-0.25, -0.2) is 9.00 Å². The standard InChI is InChI=1S/C10H9NO5S/c1-16-10(12)5-6-17(15)9-4-2-3-8(7-9)11(13)14/h2-7H,1H3/b6-5+. The van der Waals surface area contributed by atoms with Gasteiger partial charge in [0.2, 0.25) is 0 Å². The van der Waals surface area contributed by atoms with Crippen molar-refractivity contribution in [1.82, 2.24) is 0 Å². The van der Waals surface area contributed by atoms with Gasteiger partial charge in [-0.2, -0.15) is 0 Å². The molecule has 17 heavy (non-hydrogen) atoms. The van der Waals surface area contributed by atoms with Crippen LogP contribution in [0.2, 0.25) is 0 Å². The minimum Gasteiger partial charge on any atom is -0.466 e. The summed E-state index contributed by atoms with van der Waals surface area (Å²) in [4.78, 5) is 20.9. The van der Waals surface area contributed by atoms with Gasteiger partial charge in [0, 0.05) is 28.5 Å².